The largest absolute Gasteiger partial charge is 0.237 e. The third-order valence-corrected chi connectivity index (χ3v) is 4.99. The highest BCUT2D eigenvalue weighted by molar-refractivity contribution is 7.16. The van der Waals surface area contributed by atoms with Gasteiger partial charge in [-0.25, -0.2) is 4.98 Å². The molecule has 0 N–H and O–H groups in total. The Morgan fingerprint density at radius 2 is 1.86 bits per heavy atom. The Morgan fingerprint density at radius 1 is 1.05 bits per heavy atom. The number of thiophene rings is 1. The molecule has 0 aliphatic rings. The lowest BCUT2D eigenvalue weighted by molar-refractivity contribution is 0.641. The van der Waals surface area contributed by atoms with Gasteiger partial charge in [0, 0.05) is 10.9 Å². The van der Waals surface area contributed by atoms with Gasteiger partial charge in [-0.15, -0.1) is 11.3 Å². The Labute approximate surface area is 130 Å². The van der Waals surface area contributed by atoms with Gasteiger partial charge in [-0.05, 0) is 67.0 Å². The molecular formula is C19H21NS. The van der Waals surface area contributed by atoms with Gasteiger partial charge in [-0.2, -0.15) is 0 Å². The summed E-state index contributed by atoms with van der Waals surface area (Å²) < 4.78 is 0. The average Bonchev–Trinajstić information content (AvgIpc) is 2.95. The van der Waals surface area contributed by atoms with E-state index >= 15 is 0 Å². The third-order valence-electron chi connectivity index (χ3n) is 4.17. The quantitative estimate of drug-likeness (QED) is 0.560. The van der Waals surface area contributed by atoms with Crippen molar-refractivity contribution in [2.24, 2.45) is 0 Å². The summed E-state index contributed by atoms with van der Waals surface area (Å²) in [4.78, 5) is 5.94. The van der Waals surface area contributed by atoms with Crippen LogP contribution in [-0.2, 0) is 0 Å². The van der Waals surface area contributed by atoms with E-state index in [0.717, 1.165) is 10.5 Å². The summed E-state index contributed by atoms with van der Waals surface area (Å²) in [5.41, 5.74) is 5.10. The van der Waals surface area contributed by atoms with Crippen LogP contribution in [-0.4, -0.2) is 4.98 Å². The normalized spacial score (nSPS) is 11.4. The highest BCUT2D eigenvalue weighted by Gasteiger charge is 2.10. The molecule has 0 bridgehead atoms. The summed E-state index contributed by atoms with van der Waals surface area (Å²) in [6.07, 6.45) is 2.38. The minimum atomic E-state index is 0.647. The molecule has 0 radical (unpaired) electrons. The number of hydrogen-bond donors (Lipinski definition) is 0. The Balaban J connectivity index is 2.08. The second-order valence-electron chi connectivity index (χ2n) is 5.66. The minimum Gasteiger partial charge on any atom is -0.237 e. The van der Waals surface area contributed by atoms with Crippen molar-refractivity contribution in [1.82, 2.24) is 4.98 Å². The maximum Gasteiger partial charge on any atom is 0.123 e. The number of aryl methyl sites for hydroxylation is 1. The molecule has 0 fully saturated rings. The Kier molecular flexibility index (Phi) is 4.07. The molecule has 3 rings (SSSR count). The van der Waals surface area contributed by atoms with E-state index in [-0.39, 0.29) is 0 Å². The van der Waals surface area contributed by atoms with Crippen molar-refractivity contribution in [2.45, 2.75) is 39.5 Å². The Morgan fingerprint density at radius 3 is 2.62 bits per heavy atom. The van der Waals surface area contributed by atoms with E-state index in [1.54, 1.807) is 11.3 Å². The van der Waals surface area contributed by atoms with Gasteiger partial charge in [-0.1, -0.05) is 25.5 Å². The molecule has 0 saturated heterocycles. The first-order valence-corrected chi connectivity index (χ1v) is 8.55. The van der Waals surface area contributed by atoms with E-state index in [1.807, 2.05) is 0 Å². The van der Waals surface area contributed by atoms with Crippen molar-refractivity contribution in [3.8, 4) is 11.3 Å². The molecule has 0 spiro atoms. The van der Waals surface area contributed by atoms with Crippen molar-refractivity contribution >= 4 is 21.6 Å². The molecule has 0 amide bonds. The number of aromatic nitrogens is 1. The molecule has 0 aliphatic heterocycles. The lowest BCUT2D eigenvalue weighted by Crippen LogP contribution is -1.97. The summed E-state index contributed by atoms with van der Waals surface area (Å²) in [5, 5.41) is 3.34. The standard InChI is InChI=1S/C19H21NS/c1-4-14(5-2)16-10-13(3)11-17(12-16)18-7-6-15-8-9-21-19(15)20-18/h6-12,14H,4-5H2,1-3H3. The fraction of sp³-hybridized carbons (Fsp3) is 0.316. The smallest absolute Gasteiger partial charge is 0.123 e. The van der Waals surface area contributed by atoms with E-state index in [9.17, 15) is 0 Å². The molecular weight excluding hydrogens is 274 g/mol. The molecule has 108 valence electrons. The van der Waals surface area contributed by atoms with Crippen LogP contribution in [0.3, 0.4) is 0 Å². The maximum atomic E-state index is 4.82. The highest BCUT2D eigenvalue weighted by atomic mass is 32.1. The third kappa shape index (κ3) is 2.86. The summed E-state index contributed by atoms with van der Waals surface area (Å²) in [6.45, 7) is 6.72. The first-order valence-electron chi connectivity index (χ1n) is 7.67. The van der Waals surface area contributed by atoms with Gasteiger partial charge in [0.2, 0.25) is 0 Å². The van der Waals surface area contributed by atoms with E-state index in [2.05, 4.69) is 62.5 Å². The molecule has 3 aromatic rings. The predicted molar refractivity (Wildman–Crippen MR) is 93.1 cm³/mol. The molecule has 2 heteroatoms. The average molecular weight is 295 g/mol. The van der Waals surface area contributed by atoms with Crippen LogP contribution in [0, 0.1) is 6.92 Å². The predicted octanol–water partition coefficient (Wildman–Crippen LogP) is 6.18. The highest BCUT2D eigenvalue weighted by Crippen LogP contribution is 2.30. The van der Waals surface area contributed by atoms with Crippen molar-refractivity contribution in [1.29, 1.82) is 0 Å². The van der Waals surface area contributed by atoms with Gasteiger partial charge < -0.3 is 0 Å². The monoisotopic (exact) mass is 295 g/mol. The van der Waals surface area contributed by atoms with Crippen LogP contribution in [0.1, 0.15) is 43.7 Å². The van der Waals surface area contributed by atoms with Crippen LogP contribution >= 0.6 is 11.3 Å². The van der Waals surface area contributed by atoms with Gasteiger partial charge in [-0.3, -0.25) is 0 Å². The molecule has 0 aliphatic carbocycles. The van der Waals surface area contributed by atoms with Crippen LogP contribution in [0.4, 0.5) is 0 Å². The van der Waals surface area contributed by atoms with Crippen LogP contribution in [0.5, 0.6) is 0 Å². The second-order valence-corrected chi connectivity index (χ2v) is 6.55. The van der Waals surface area contributed by atoms with Gasteiger partial charge >= 0.3 is 0 Å². The van der Waals surface area contributed by atoms with Crippen molar-refractivity contribution in [3.05, 3.63) is 52.9 Å². The summed E-state index contributed by atoms with van der Waals surface area (Å²) in [6, 6.07) is 13.3. The SMILES string of the molecule is CCC(CC)c1cc(C)cc(-c2ccc3ccsc3n2)c1. The molecule has 1 nitrogen and oxygen atoms in total. The van der Waals surface area contributed by atoms with Crippen LogP contribution < -0.4 is 0 Å². The number of fused-ring (bicyclic) bond motifs is 1. The fourth-order valence-corrected chi connectivity index (χ4v) is 3.73. The minimum absolute atomic E-state index is 0.647. The van der Waals surface area contributed by atoms with Crippen LogP contribution in [0.15, 0.2) is 41.8 Å². The molecule has 0 atom stereocenters. The molecule has 2 heterocycles. The van der Waals surface area contributed by atoms with Gasteiger partial charge in [0.05, 0.1) is 5.69 Å². The first-order chi connectivity index (χ1) is 10.2. The number of benzene rings is 1. The Bertz CT molecular complexity index is 753. The zero-order valence-electron chi connectivity index (χ0n) is 12.9. The van der Waals surface area contributed by atoms with E-state index < -0.39 is 0 Å². The molecule has 0 saturated carbocycles. The van der Waals surface area contributed by atoms with E-state index in [0.29, 0.717) is 5.92 Å². The number of rotatable bonds is 4. The second kappa shape index (κ2) is 5.98. The lowest BCUT2D eigenvalue weighted by Gasteiger charge is -2.15. The topological polar surface area (TPSA) is 12.9 Å². The molecule has 1 aromatic carbocycles. The van der Waals surface area contributed by atoms with Crippen molar-refractivity contribution in [2.75, 3.05) is 0 Å². The van der Waals surface area contributed by atoms with E-state index in [4.69, 9.17) is 4.98 Å². The van der Waals surface area contributed by atoms with Gasteiger partial charge in [0.25, 0.3) is 0 Å². The van der Waals surface area contributed by atoms with Crippen molar-refractivity contribution in [3.63, 3.8) is 0 Å². The lowest BCUT2D eigenvalue weighted by atomic mass is 9.90. The summed E-state index contributed by atoms with van der Waals surface area (Å²) in [5.74, 6) is 0.647. The van der Waals surface area contributed by atoms with Gasteiger partial charge in [0.1, 0.15) is 4.83 Å². The summed E-state index contributed by atoms with van der Waals surface area (Å²) in [7, 11) is 0. The van der Waals surface area contributed by atoms with Crippen molar-refractivity contribution < 1.29 is 0 Å². The molecule has 0 unspecified atom stereocenters. The zero-order chi connectivity index (χ0) is 14.8. The van der Waals surface area contributed by atoms with Gasteiger partial charge in [0.15, 0.2) is 0 Å². The van der Waals surface area contributed by atoms with Crippen LogP contribution in [0.2, 0.25) is 0 Å². The van der Waals surface area contributed by atoms with Crippen LogP contribution in [0.25, 0.3) is 21.5 Å². The number of hydrogen-bond acceptors (Lipinski definition) is 2. The first kappa shape index (κ1) is 14.3. The zero-order valence-corrected chi connectivity index (χ0v) is 13.7. The Hall–Kier alpha value is -1.67. The fourth-order valence-electron chi connectivity index (χ4n) is 2.96. The summed E-state index contributed by atoms with van der Waals surface area (Å²) >= 11 is 1.71. The van der Waals surface area contributed by atoms with E-state index in [1.165, 1.54) is 34.9 Å². The number of pyridine rings is 1. The molecule has 21 heavy (non-hydrogen) atoms. The molecule has 2 aromatic heterocycles. The maximum absolute atomic E-state index is 4.82. The number of nitrogens with zero attached hydrogens (tertiary/aromatic N) is 1.